The summed E-state index contributed by atoms with van der Waals surface area (Å²) >= 11 is 3.43. The van der Waals surface area contributed by atoms with E-state index in [1.807, 2.05) is 30.3 Å². The Bertz CT molecular complexity index is 506. The third-order valence-corrected chi connectivity index (χ3v) is 3.09. The molecule has 17 heavy (non-hydrogen) atoms. The predicted molar refractivity (Wildman–Crippen MR) is 72.7 cm³/mol. The number of rotatable bonds is 3. The Hall–Kier alpha value is -1.48. The van der Waals surface area contributed by atoms with Crippen molar-refractivity contribution in [3.05, 3.63) is 46.9 Å². The number of benzene rings is 2. The molecule has 0 aliphatic carbocycles. The van der Waals surface area contributed by atoms with Gasteiger partial charge >= 0.3 is 0 Å². The van der Waals surface area contributed by atoms with Crippen LogP contribution < -0.4 is 9.47 Å². The Morgan fingerprint density at radius 1 is 0.882 bits per heavy atom. The highest BCUT2D eigenvalue weighted by molar-refractivity contribution is 9.10. The minimum Gasteiger partial charge on any atom is -0.497 e. The van der Waals surface area contributed by atoms with Gasteiger partial charge in [-0.1, -0.05) is 28.1 Å². The molecule has 0 heterocycles. The molecule has 0 aromatic heterocycles. The van der Waals surface area contributed by atoms with Crippen LogP contribution in [0.2, 0.25) is 0 Å². The molecule has 0 saturated carbocycles. The monoisotopic (exact) mass is 292 g/mol. The van der Waals surface area contributed by atoms with E-state index in [1.54, 1.807) is 14.2 Å². The number of ether oxygens (including phenoxy) is 2. The van der Waals surface area contributed by atoms with Gasteiger partial charge in [-0.3, -0.25) is 0 Å². The van der Waals surface area contributed by atoms with Crippen molar-refractivity contribution in [2.24, 2.45) is 0 Å². The predicted octanol–water partition coefficient (Wildman–Crippen LogP) is 4.13. The molecule has 2 nitrogen and oxygen atoms in total. The van der Waals surface area contributed by atoms with Gasteiger partial charge in [0.2, 0.25) is 0 Å². The van der Waals surface area contributed by atoms with Gasteiger partial charge in [0.25, 0.3) is 0 Å². The summed E-state index contributed by atoms with van der Waals surface area (Å²) in [6.45, 7) is 0. The summed E-state index contributed by atoms with van der Waals surface area (Å²) in [4.78, 5) is 0. The molecular formula is C14H13BrO2. The largest absolute Gasteiger partial charge is 0.497 e. The quantitative estimate of drug-likeness (QED) is 0.847. The fourth-order valence-corrected chi connectivity index (χ4v) is 1.93. The molecule has 0 aliphatic heterocycles. The minimum absolute atomic E-state index is 0.794. The fourth-order valence-electron chi connectivity index (χ4n) is 1.67. The molecule has 0 fully saturated rings. The summed E-state index contributed by atoms with van der Waals surface area (Å²) in [5, 5.41) is 0. The van der Waals surface area contributed by atoms with Crippen molar-refractivity contribution in [3.63, 3.8) is 0 Å². The smallest absolute Gasteiger partial charge is 0.130 e. The van der Waals surface area contributed by atoms with Crippen LogP contribution in [0.5, 0.6) is 11.5 Å². The van der Waals surface area contributed by atoms with E-state index >= 15 is 0 Å². The van der Waals surface area contributed by atoms with E-state index in [1.165, 1.54) is 0 Å². The Balaban J connectivity index is 2.47. The zero-order chi connectivity index (χ0) is 12.3. The van der Waals surface area contributed by atoms with Gasteiger partial charge in [-0.05, 0) is 29.8 Å². The van der Waals surface area contributed by atoms with E-state index in [0.29, 0.717) is 0 Å². The molecule has 0 N–H and O–H groups in total. The second-order valence-corrected chi connectivity index (χ2v) is 4.49. The normalized spacial score (nSPS) is 10.1. The van der Waals surface area contributed by atoms with Gasteiger partial charge in [0, 0.05) is 16.1 Å². The Labute approximate surface area is 109 Å². The van der Waals surface area contributed by atoms with Crippen LogP contribution in [0.15, 0.2) is 46.9 Å². The lowest BCUT2D eigenvalue weighted by molar-refractivity contribution is 0.395. The van der Waals surface area contributed by atoms with Crippen LogP contribution in [-0.4, -0.2) is 14.2 Å². The van der Waals surface area contributed by atoms with Crippen molar-refractivity contribution in [1.82, 2.24) is 0 Å². The topological polar surface area (TPSA) is 18.5 Å². The van der Waals surface area contributed by atoms with Gasteiger partial charge in [-0.15, -0.1) is 0 Å². The number of halogens is 1. The third kappa shape index (κ3) is 2.61. The molecule has 2 aromatic rings. The first-order valence-electron chi connectivity index (χ1n) is 5.22. The maximum atomic E-state index is 5.38. The van der Waals surface area contributed by atoms with E-state index in [-0.39, 0.29) is 0 Å². The van der Waals surface area contributed by atoms with Gasteiger partial charge in [-0.2, -0.15) is 0 Å². The van der Waals surface area contributed by atoms with Crippen molar-refractivity contribution < 1.29 is 9.47 Å². The average molecular weight is 293 g/mol. The summed E-state index contributed by atoms with van der Waals surface area (Å²) in [5.74, 6) is 1.61. The molecule has 0 aliphatic rings. The minimum atomic E-state index is 0.794. The van der Waals surface area contributed by atoms with Crippen LogP contribution in [0.25, 0.3) is 11.1 Å². The number of hydrogen-bond donors (Lipinski definition) is 0. The van der Waals surface area contributed by atoms with Crippen LogP contribution in [0, 0.1) is 0 Å². The van der Waals surface area contributed by atoms with Crippen molar-refractivity contribution in [2.45, 2.75) is 0 Å². The van der Waals surface area contributed by atoms with Crippen molar-refractivity contribution >= 4 is 15.9 Å². The second-order valence-electron chi connectivity index (χ2n) is 3.57. The first-order chi connectivity index (χ1) is 8.24. The highest BCUT2D eigenvalue weighted by Crippen LogP contribution is 2.33. The summed E-state index contributed by atoms with van der Waals surface area (Å²) < 4.78 is 11.6. The molecule has 0 unspecified atom stereocenters. The zero-order valence-corrected chi connectivity index (χ0v) is 11.3. The highest BCUT2D eigenvalue weighted by Gasteiger charge is 2.06. The first-order valence-corrected chi connectivity index (χ1v) is 6.02. The third-order valence-electron chi connectivity index (χ3n) is 2.56. The van der Waals surface area contributed by atoms with Gasteiger partial charge < -0.3 is 9.47 Å². The summed E-state index contributed by atoms with van der Waals surface area (Å²) in [6.07, 6.45) is 0. The van der Waals surface area contributed by atoms with Crippen LogP contribution >= 0.6 is 15.9 Å². The van der Waals surface area contributed by atoms with Crippen molar-refractivity contribution in [2.75, 3.05) is 14.2 Å². The molecule has 0 bridgehead atoms. The molecular weight excluding hydrogens is 280 g/mol. The lowest BCUT2D eigenvalue weighted by Gasteiger charge is -2.10. The van der Waals surface area contributed by atoms with Gasteiger partial charge in [0.1, 0.15) is 11.5 Å². The first kappa shape index (κ1) is 12.0. The maximum absolute atomic E-state index is 5.38. The molecule has 0 atom stereocenters. The van der Waals surface area contributed by atoms with Crippen LogP contribution in [-0.2, 0) is 0 Å². The Morgan fingerprint density at radius 3 is 2.18 bits per heavy atom. The Kier molecular flexibility index (Phi) is 3.69. The lowest BCUT2D eigenvalue weighted by atomic mass is 10.0. The van der Waals surface area contributed by atoms with Crippen LogP contribution in [0.3, 0.4) is 0 Å². The fraction of sp³-hybridized carbons (Fsp3) is 0.143. The van der Waals surface area contributed by atoms with Gasteiger partial charge in [0.15, 0.2) is 0 Å². The standard InChI is InChI=1S/C14H13BrO2/c1-16-12-7-8-13(14(9-12)17-2)10-3-5-11(15)6-4-10/h3-9H,1-2H3. The van der Waals surface area contributed by atoms with E-state index in [9.17, 15) is 0 Å². The molecule has 88 valence electrons. The number of hydrogen-bond acceptors (Lipinski definition) is 2. The van der Waals surface area contributed by atoms with E-state index in [0.717, 1.165) is 27.1 Å². The number of methoxy groups -OCH3 is 2. The molecule has 2 rings (SSSR count). The van der Waals surface area contributed by atoms with E-state index < -0.39 is 0 Å². The molecule has 3 heteroatoms. The maximum Gasteiger partial charge on any atom is 0.130 e. The summed E-state index contributed by atoms with van der Waals surface area (Å²) in [5.41, 5.74) is 2.17. The Morgan fingerprint density at radius 2 is 1.59 bits per heavy atom. The van der Waals surface area contributed by atoms with E-state index in [4.69, 9.17) is 9.47 Å². The zero-order valence-electron chi connectivity index (χ0n) is 9.74. The SMILES string of the molecule is COc1ccc(-c2ccc(Br)cc2)c(OC)c1. The summed E-state index contributed by atoms with van der Waals surface area (Å²) in [7, 11) is 3.31. The summed E-state index contributed by atoms with van der Waals surface area (Å²) in [6, 6.07) is 13.9. The van der Waals surface area contributed by atoms with Crippen LogP contribution in [0.4, 0.5) is 0 Å². The van der Waals surface area contributed by atoms with Gasteiger partial charge in [-0.25, -0.2) is 0 Å². The van der Waals surface area contributed by atoms with Crippen LogP contribution in [0.1, 0.15) is 0 Å². The average Bonchev–Trinajstić information content (AvgIpc) is 2.39. The molecule has 2 aromatic carbocycles. The van der Waals surface area contributed by atoms with Crippen molar-refractivity contribution in [1.29, 1.82) is 0 Å². The molecule has 0 amide bonds. The van der Waals surface area contributed by atoms with Crippen molar-refractivity contribution in [3.8, 4) is 22.6 Å². The molecule has 0 spiro atoms. The lowest BCUT2D eigenvalue weighted by Crippen LogP contribution is -1.90. The highest BCUT2D eigenvalue weighted by atomic mass is 79.9. The molecule has 0 radical (unpaired) electrons. The van der Waals surface area contributed by atoms with Gasteiger partial charge in [0.05, 0.1) is 14.2 Å². The molecule has 0 saturated heterocycles. The van der Waals surface area contributed by atoms with E-state index in [2.05, 4.69) is 28.1 Å². The second kappa shape index (κ2) is 5.23.